The van der Waals surface area contributed by atoms with Crippen LogP contribution in [0.5, 0.6) is 0 Å². The fourth-order valence-corrected chi connectivity index (χ4v) is 4.00. The summed E-state index contributed by atoms with van der Waals surface area (Å²) in [5, 5.41) is 7.16. The van der Waals surface area contributed by atoms with Crippen LogP contribution in [0.15, 0.2) is 41.6 Å². The van der Waals surface area contributed by atoms with Crippen LogP contribution in [0.3, 0.4) is 0 Å². The number of amides is 1. The zero-order chi connectivity index (χ0) is 22.2. The molecule has 1 aliphatic rings. The molecule has 164 valence electrons. The van der Waals surface area contributed by atoms with Crippen molar-refractivity contribution in [2.24, 2.45) is 5.92 Å². The first-order valence-corrected chi connectivity index (χ1v) is 10.1. The standard InChI is InChI=1S/C21H22F3N5O2/c1-13-5-2-3-8-17(13)27-18(30)11-28-12-25-19-16(20(28)31)10-26-29(19)15-7-4-6-14(9-15)21(22,23)24/h4,6-7,9-10,12-13,17H,2-3,5,8,11H2,1H3,(H,27,30)/t13-,17+/m1/s1. The summed E-state index contributed by atoms with van der Waals surface area (Å²) in [6, 6.07) is 4.72. The molecule has 0 saturated heterocycles. The Kier molecular flexibility index (Phi) is 5.55. The zero-order valence-corrected chi connectivity index (χ0v) is 16.9. The van der Waals surface area contributed by atoms with Crippen LogP contribution in [0, 0.1) is 5.92 Å². The number of nitrogens with one attached hydrogen (secondary N) is 1. The summed E-state index contributed by atoms with van der Waals surface area (Å²) in [4.78, 5) is 29.4. The molecule has 10 heteroatoms. The smallest absolute Gasteiger partial charge is 0.352 e. The Labute approximate surface area is 175 Å². The van der Waals surface area contributed by atoms with Gasteiger partial charge in [-0.2, -0.15) is 18.3 Å². The Morgan fingerprint density at radius 3 is 2.77 bits per heavy atom. The fraction of sp³-hybridized carbons (Fsp3) is 0.429. The van der Waals surface area contributed by atoms with Crippen LogP contribution in [0.4, 0.5) is 13.2 Å². The number of rotatable bonds is 4. The maximum atomic E-state index is 13.0. The number of carbonyl (C=O) groups excluding carboxylic acids is 1. The van der Waals surface area contributed by atoms with Crippen molar-refractivity contribution in [1.82, 2.24) is 24.6 Å². The third kappa shape index (κ3) is 4.33. The molecule has 3 aromatic rings. The van der Waals surface area contributed by atoms with E-state index in [9.17, 15) is 22.8 Å². The predicted molar refractivity (Wildman–Crippen MR) is 108 cm³/mol. The molecule has 31 heavy (non-hydrogen) atoms. The highest BCUT2D eigenvalue weighted by atomic mass is 19.4. The largest absolute Gasteiger partial charge is 0.416 e. The van der Waals surface area contributed by atoms with Crippen molar-refractivity contribution in [3.63, 3.8) is 0 Å². The molecular formula is C21H22F3N5O2. The number of alkyl halides is 3. The van der Waals surface area contributed by atoms with Gasteiger partial charge in [0.1, 0.15) is 18.3 Å². The van der Waals surface area contributed by atoms with Gasteiger partial charge in [-0.25, -0.2) is 9.67 Å². The van der Waals surface area contributed by atoms with Gasteiger partial charge < -0.3 is 5.32 Å². The first-order chi connectivity index (χ1) is 14.7. The minimum Gasteiger partial charge on any atom is -0.352 e. The molecule has 1 aliphatic carbocycles. The van der Waals surface area contributed by atoms with Crippen LogP contribution >= 0.6 is 0 Å². The van der Waals surface area contributed by atoms with Gasteiger partial charge in [-0.3, -0.25) is 14.2 Å². The Morgan fingerprint density at radius 1 is 1.26 bits per heavy atom. The van der Waals surface area contributed by atoms with E-state index in [1.807, 2.05) is 0 Å². The van der Waals surface area contributed by atoms with Gasteiger partial charge in [-0.15, -0.1) is 0 Å². The van der Waals surface area contributed by atoms with Crippen LogP contribution in [0.2, 0.25) is 0 Å². The minimum atomic E-state index is -4.50. The average molecular weight is 433 g/mol. The summed E-state index contributed by atoms with van der Waals surface area (Å²) in [5.41, 5.74) is -1.04. The van der Waals surface area contributed by atoms with Crippen molar-refractivity contribution < 1.29 is 18.0 Å². The van der Waals surface area contributed by atoms with Crippen LogP contribution in [0.25, 0.3) is 16.7 Å². The van der Waals surface area contributed by atoms with Gasteiger partial charge in [0, 0.05) is 6.04 Å². The lowest BCUT2D eigenvalue weighted by Gasteiger charge is -2.29. The molecule has 0 spiro atoms. The number of aromatic nitrogens is 4. The second kappa shape index (κ2) is 8.16. The first-order valence-electron chi connectivity index (χ1n) is 10.1. The lowest BCUT2D eigenvalue weighted by Crippen LogP contribution is -2.43. The molecule has 7 nitrogen and oxygen atoms in total. The molecule has 4 rings (SSSR count). The van der Waals surface area contributed by atoms with E-state index in [4.69, 9.17) is 0 Å². The minimum absolute atomic E-state index is 0.0947. The van der Waals surface area contributed by atoms with Gasteiger partial charge in [0.05, 0.1) is 17.4 Å². The molecule has 1 amide bonds. The van der Waals surface area contributed by atoms with Crippen LogP contribution in [-0.4, -0.2) is 31.3 Å². The summed E-state index contributed by atoms with van der Waals surface area (Å²) in [6.45, 7) is 1.92. The average Bonchev–Trinajstić information content (AvgIpc) is 3.16. The first kappa shape index (κ1) is 21.1. The van der Waals surface area contributed by atoms with Gasteiger partial charge in [0.15, 0.2) is 5.65 Å². The number of hydrogen-bond acceptors (Lipinski definition) is 4. The van der Waals surface area contributed by atoms with Crippen molar-refractivity contribution in [1.29, 1.82) is 0 Å². The molecule has 1 saturated carbocycles. The number of fused-ring (bicyclic) bond motifs is 1. The number of halogens is 3. The van der Waals surface area contributed by atoms with E-state index in [0.717, 1.165) is 37.8 Å². The lowest BCUT2D eigenvalue weighted by atomic mass is 9.86. The maximum absolute atomic E-state index is 13.0. The van der Waals surface area contributed by atoms with Crippen molar-refractivity contribution in [2.45, 2.75) is 51.4 Å². The molecule has 0 unspecified atom stereocenters. The van der Waals surface area contributed by atoms with Crippen molar-refractivity contribution in [3.8, 4) is 5.69 Å². The van der Waals surface area contributed by atoms with E-state index in [1.54, 1.807) is 0 Å². The summed E-state index contributed by atoms with van der Waals surface area (Å²) in [5.74, 6) is 0.119. The van der Waals surface area contributed by atoms with E-state index < -0.39 is 17.3 Å². The van der Waals surface area contributed by atoms with Gasteiger partial charge >= 0.3 is 6.18 Å². The highest BCUT2D eigenvalue weighted by molar-refractivity contribution is 5.78. The molecule has 1 N–H and O–H groups in total. The van der Waals surface area contributed by atoms with Crippen LogP contribution in [-0.2, 0) is 17.5 Å². The Hall–Kier alpha value is -3.17. The second-order valence-electron chi connectivity index (χ2n) is 7.96. The van der Waals surface area contributed by atoms with Crippen LogP contribution in [0.1, 0.15) is 38.2 Å². The topological polar surface area (TPSA) is 81.8 Å². The Balaban J connectivity index is 1.58. The highest BCUT2D eigenvalue weighted by Crippen LogP contribution is 2.30. The summed E-state index contributed by atoms with van der Waals surface area (Å²) in [7, 11) is 0. The van der Waals surface area contributed by atoms with Gasteiger partial charge in [0.25, 0.3) is 5.56 Å². The predicted octanol–water partition coefficient (Wildman–Crippen LogP) is 3.30. The lowest BCUT2D eigenvalue weighted by molar-refractivity contribution is -0.137. The highest BCUT2D eigenvalue weighted by Gasteiger charge is 2.31. The summed E-state index contributed by atoms with van der Waals surface area (Å²) in [6.07, 6.45) is 2.18. The number of benzene rings is 1. The SMILES string of the molecule is C[C@@H]1CCCC[C@@H]1NC(=O)Cn1cnc2c(cnn2-c2cccc(C(F)(F)F)c2)c1=O. The molecule has 0 radical (unpaired) electrons. The molecule has 2 heterocycles. The number of hydrogen-bond donors (Lipinski definition) is 1. The fourth-order valence-electron chi connectivity index (χ4n) is 4.00. The van der Waals surface area contributed by atoms with E-state index in [1.165, 1.54) is 33.9 Å². The maximum Gasteiger partial charge on any atom is 0.416 e. The van der Waals surface area contributed by atoms with E-state index in [-0.39, 0.29) is 35.2 Å². The monoisotopic (exact) mass is 433 g/mol. The third-order valence-corrected chi connectivity index (χ3v) is 5.74. The van der Waals surface area contributed by atoms with Crippen molar-refractivity contribution in [3.05, 3.63) is 52.7 Å². The van der Waals surface area contributed by atoms with Crippen molar-refractivity contribution in [2.75, 3.05) is 0 Å². The van der Waals surface area contributed by atoms with E-state index in [2.05, 4.69) is 22.3 Å². The van der Waals surface area contributed by atoms with E-state index in [0.29, 0.717) is 5.92 Å². The number of nitrogens with zero attached hydrogens (tertiary/aromatic N) is 4. The zero-order valence-electron chi connectivity index (χ0n) is 16.9. The van der Waals surface area contributed by atoms with Gasteiger partial charge in [-0.05, 0) is 37.0 Å². The second-order valence-corrected chi connectivity index (χ2v) is 7.96. The van der Waals surface area contributed by atoms with Gasteiger partial charge in [-0.1, -0.05) is 25.8 Å². The third-order valence-electron chi connectivity index (χ3n) is 5.74. The van der Waals surface area contributed by atoms with E-state index >= 15 is 0 Å². The molecule has 1 fully saturated rings. The van der Waals surface area contributed by atoms with Gasteiger partial charge in [0.2, 0.25) is 5.91 Å². The van der Waals surface area contributed by atoms with Crippen molar-refractivity contribution >= 4 is 16.9 Å². The molecule has 0 aliphatic heterocycles. The van der Waals surface area contributed by atoms with Crippen LogP contribution < -0.4 is 10.9 Å². The molecule has 0 bridgehead atoms. The summed E-state index contributed by atoms with van der Waals surface area (Å²) < 4.78 is 41.4. The normalized spacial score (nSPS) is 19.5. The number of carbonyl (C=O) groups is 1. The Morgan fingerprint density at radius 2 is 2.03 bits per heavy atom. The molecule has 2 aromatic heterocycles. The Bertz CT molecular complexity index is 1170. The molecule has 2 atom stereocenters. The summed E-state index contributed by atoms with van der Waals surface area (Å²) >= 11 is 0. The molecule has 1 aromatic carbocycles. The quantitative estimate of drug-likeness (QED) is 0.685. The molecular weight excluding hydrogens is 411 g/mol.